The van der Waals surface area contributed by atoms with Crippen molar-refractivity contribution in [2.75, 3.05) is 45.9 Å². The molecule has 5 rings (SSSR count). The molecule has 3 atom stereocenters. The van der Waals surface area contributed by atoms with Gasteiger partial charge in [0, 0.05) is 63.4 Å². The third-order valence-electron chi connectivity index (χ3n) is 10.1. The summed E-state index contributed by atoms with van der Waals surface area (Å²) in [6.07, 6.45) is 8.10. The number of non-ortho nitro benzene ring substituents is 1. The Morgan fingerprint density at radius 1 is 1.00 bits per heavy atom. The van der Waals surface area contributed by atoms with Crippen molar-refractivity contribution in [3.8, 4) is 5.75 Å². The van der Waals surface area contributed by atoms with Gasteiger partial charge in [0.15, 0.2) is 6.61 Å². The summed E-state index contributed by atoms with van der Waals surface area (Å²) in [4.78, 5) is 43.0. The third-order valence-corrected chi connectivity index (χ3v) is 10.1. The number of carboxylic acid groups (broad SMARTS) is 1. The first-order valence-electron chi connectivity index (χ1n) is 16.7. The summed E-state index contributed by atoms with van der Waals surface area (Å²) in [6.45, 7) is 6.93. The number of nitro groups is 1. The fraction of sp³-hybridized carbons (Fsp3) is 0.600. The van der Waals surface area contributed by atoms with Gasteiger partial charge in [0.05, 0.1) is 4.92 Å². The standard InChI is InChI=1S/C35H48N4O6/c1-2-19-38(33(40)25-45-31-15-13-30(14-16-31)39(43)44)29-17-20-36(21-18-29)22-28-23-37(24-32(28)26-9-5-3-6-10-26)34(35(41)42)27-11-7-4-8-12-27/h3,5-6,9-10,13-16,27-29,32,34H,2,4,7-8,11-12,17-25H2,1H3,(H,41,42). The van der Waals surface area contributed by atoms with E-state index >= 15 is 0 Å². The molecule has 2 aromatic carbocycles. The molecule has 1 N–H and O–H groups in total. The minimum atomic E-state index is -0.673. The van der Waals surface area contributed by atoms with Crippen LogP contribution >= 0.6 is 0 Å². The summed E-state index contributed by atoms with van der Waals surface area (Å²) >= 11 is 0. The van der Waals surface area contributed by atoms with Crippen molar-refractivity contribution in [3.63, 3.8) is 0 Å². The summed E-state index contributed by atoms with van der Waals surface area (Å²) in [5, 5.41) is 21.3. The molecule has 10 nitrogen and oxygen atoms in total. The van der Waals surface area contributed by atoms with Crippen molar-refractivity contribution in [2.45, 2.75) is 76.3 Å². The predicted octanol–water partition coefficient (Wildman–Crippen LogP) is 5.43. The normalized spacial score (nSPS) is 22.6. The molecule has 0 spiro atoms. The van der Waals surface area contributed by atoms with E-state index in [1.54, 1.807) is 0 Å². The molecule has 2 aromatic rings. The van der Waals surface area contributed by atoms with Crippen LogP contribution in [-0.2, 0) is 9.59 Å². The highest BCUT2D eigenvalue weighted by Crippen LogP contribution is 2.38. The zero-order valence-electron chi connectivity index (χ0n) is 26.5. The van der Waals surface area contributed by atoms with Crippen LogP contribution in [0.25, 0.3) is 0 Å². The van der Waals surface area contributed by atoms with E-state index in [0.29, 0.717) is 24.1 Å². The van der Waals surface area contributed by atoms with Crippen molar-refractivity contribution in [1.29, 1.82) is 0 Å². The summed E-state index contributed by atoms with van der Waals surface area (Å²) in [6, 6.07) is 16.1. The number of amides is 1. The molecule has 1 aliphatic carbocycles. The number of aliphatic carboxylic acids is 1. The molecule has 2 heterocycles. The Kier molecular flexibility index (Phi) is 11.5. The van der Waals surface area contributed by atoms with Gasteiger partial charge < -0.3 is 19.6 Å². The number of carbonyl (C=O) groups is 2. The molecular weight excluding hydrogens is 572 g/mol. The zero-order valence-corrected chi connectivity index (χ0v) is 26.5. The third kappa shape index (κ3) is 8.41. The van der Waals surface area contributed by atoms with E-state index in [9.17, 15) is 24.8 Å². The molecule has 10 heteroatoms. The lowest BCUT2D eigenvalue weighted by Gasteiger charge is -2.39. The molecule has 1 saturated carbocycles. The number of hydrogen-bond donors (Lipinski definition) is 1. The van der Waals surface area contributed by atoms with Gasteiger partial charge in [-0.05, 0) is 61.6 Å². The highest BCUT2D eigenvalue weighted by atomic mass is 16.6. The highest BCUT2D eigenvalue weighted by Gasteiger charge is 2.43. The number of nitro benzene ring substituents is 1. The van der Waals surface area contributed by atoms with Gasteiger partial charge in [-0.1, -0.05) is 56.5 Å². The maximum atomic E-state index is 13.3. The van der Waals surface area contributed by atoms with Crippen LogP contribution in [0, 0.1) is 22.0 Å². The summed E-state index contributed by atoms with van der Waals surface area (Å²) in [7, 11) is 0. The maximum absolute atomic E-state index is 13.3. The first-order valence-corrected chi connectivity index (χ1v) is 16.7. The van der Waals surface area contributed by atoms with Crippen molar-refractivity contribution in [1.82, 2.24) is 14.7 Å². The molecule has 244 valence electrons. The van der Waals surface area contributed by atoms with E-state index in [0.717, 1.165) is 77.7 Å². The number of ether oxygens (including phenoxy) is 1. The Labute approximate surface area is 266 Å². The summed E-state index contributed by atoms with van der Waals surface area (Å²) in [5.74, 6) is 0.572. The van der Waals surface area contributed by atoms with E-state index in [1.807, 2.05) is 11.0 Å². The largest absolute Gasteiger partial charge is 0.484 e. The smallest absolute Gasteiger partial charge is 0.321 e. The number of carbonyl (C=O) groups excluding carboxylic acids is 1. The predicted molar refractivity (Wildman–Crippen MR) is 172 cm³/mol. The van der Waals surface area contributed by atoms with E-state index < -0.39 is 16.9 Å². The van der Waals surface area contributed by atoms with E-state index in [-0.39, 0.29) is 30.2 Å². The van der Waals surface area contributed by atoms with Crippen molar-refractivity contribution >= 4 is 17.6 Å². The first-order chi connectivity index (χ1) is 21.8. The van der Waals surface area contributed by atoms with Gasteiger partial charge in [0.2, 0.25) is 0 Å². The fourth-order valence-electron chi connectivity index (χ4n) is 7.89. The van der Waals surface area contributed by atoms with E-state index in [2.05, 4.69) is 41.0 Å². The van der Waals surface area contributed by atoms with Crippen LogP contribution in [0.1, 0.15) is 69.8 Å². The molecule has 2 aliphatic heterocycles. The number of likely N-dealkylation sites (tertiary alicyclic amines) is 2. The molecule has 0 bridgehead atoms. The lowest BCUT2D eigenvalue weighted by atomic mass is 9.83. The fourth-order valence-corrected chi connectivity index (χ4v) is 7.89. The van der Waals surface area contributed by atoms with Gasteiger partial charge in [0.25, 0.3) is 11.6 Å². The average molecular weight is 621 g/mol. The van der Waals surface area contributed by atoms with Crippen molar-refractivity contribution in [3.05, 3.63) is 70.3 Å². The van der Waals surface area contributed by atoms with Crippen LogP contribution in [0.4, 0.5) is 5.69 Å². The van der Waals surface area contributed by atoms with Crippen LogP contribution in [0.5, 0.6) is 5.75 Å². The Morgan fingerprint density at radius 3 is 2.31 bits per heavy atom. The molecule has 45 heavy (non-hydrogen) atoms. The zero-order chi connectivity index (χ0) is 31.8. The van der Waals surface area contributed by atoms with Gasteiger partial charge in [-0.25, -0.2) is 0 Å². The minimum absolute atomic E-state index is 0.0145. The molecule has 3 aliphatic rings. The number of carboxylic acids is 1. The Balaban J connectivity index is 1.19. The van der Waals surface area contributed by atoms with Crippen LogP contribution in [0.3, 0.4) is 0 Å². The van der Waals surface area contributed by atoms with Gasteiger partial charge in [-0.2, -0.15) is 0 Å². The summed E-state index contributed by atoms with van der Waals surface area (Å²) < 4.78 is 5.70. The molecule has 2 saturated heterocycles. The van der Waals surface area contributed by atoms with E-state index in [4.69, 9.17) is 4.74 Å². The van der Waals surface area contributed by atoms with Gasteiger partial charge >= 0.3 is 5.97 Å². The van der Waals surface area contributed by atoms with E-state index in [1.165, 1.54) is 36.2 Å². The van der Waals surface area contributed by atoms with Crippen LogP contribution in [0.2, 0.25) is 0 Å². The lowest BCUT2D eigenvalue weighted by Crippen LogP contribution is -2.50. The second-order valence-electron chi connectivity index (χ2n) is 13.1. The maximum Gasteiger partial charge on any atom is 0.321 e. The first kappa shape index (κ1) is 32.9. The molecule has 0 radical (unpaired) electrons. The Morgan fingerprint density at radius 2 is 1.69 bits per heavy atom. The molecule has 3 unspecified atom stereocenters. The second-order valence-corrected chi connectivity index (χ2v) is 13.1. The molecule has 3 fully saturated rings. The molecule has 1 amide bonds. The monoisotopic (exact) mass is 620 g/mol. The number of rotatable bonds is 13. The Hall–Kier alpha value is -3.50. The van der Waals surface area contributed by atoms with Gasteiger partial charge in [-0.15, -0.1) is 0 Å². The summed E-state index contributed by atoms with van der Waals surface area (Å²) in [5.41, 5.74) is 1.28. The SMILES string of the molecule is CCCN(C(=O)COc1ccc([N+](=O)[O-])cc1)C1CCN(CC2CN(C(C(=O)O)C3CCCCC3)CC2c2ccccc2)CC1. The average Bonchev–Trinajstić information content (AvgIpc) is 3.46. The second kappa shape index (κ2) is 15.7. The van der Waals surface area contributed by atoms with Crippen LogP contribution < -0.4 is 4.74 Å². The number of piperidine rings is 1. The quantitative estimate of drug-likeness (QED) is 0.233. The number of benzene rings is 2. The van der Waals surface area contributed by atoms with Crippen LogP contribution in [-0.4, -0.2) is 94.6 Å². The van der Waals surface area contributed by atoms with Crippen LogP contribution in [0.15, 0.2) is 54.6 Å². The number of hydrogen-bond acceptors (Lipinski definition) is 7. The van der Waals surface area contributed by atoms with Gasteiger partial charge in [0.1, 0.15) is 11.8 Å². The highest BCUT2D eigenvalue weighted by molar-refractivity contribution is 5.78. The molecular formula is C35H48N4O6. The van der Waals surface area contributed by atoms with Crippen molar-refractivity contribution in [2.24, 2.45) is 11.8 Å². The molecule has 0 aromatic heterocycles. The minimum Gasteiger partial charge on any atom is -0.484 e. The number of nitrogens with zero attached hydrogens (tertiary/aromatic N) is 4. The van der Waals surface area contributed by atoms with Gasteiger partial charge in [-0.3, -0.25) is 24.6 Å². The topological polar surface area (TPSA) is 116 Å². The van der Waals surface area contributed by atoms with Crippen molar-refractivity contribution < 1.29 is 24.4 Å². The lowest BCUT2D eigenvalue weighted by molar-refractivity contribution is -0.384. The Bertz CT molecular complexity index is 1260.